The monoisotopic (exact) mass is 291 g/mol. The summed E-state index contributed by atoms with van der Waals surface area (Å²) in [5.74, 6) is 1.33. The molecule has 1 aromatic carbocycles. The van der Waals surface area contributed by atoms with Crippen LogP contribution in [0.1, 0.15) is 30.1 Å². The van der Waals surface area contributed by atoms with Crippen molar-refractivity contribution in [3.8, 4) is 17.2 Å². The minimum absolute atomic E-state index is 0.0537. The standard InChI is InChI=1S/C15H17NO5/c1-10(15(18)16-4-2-3-5-16)21-12-7-14-13(19-9-20-14)6-11(12)8-17/h6-8,10H,2-5,9H2,1H3. The maximum Gasteiger partial charge on any atom is 0.263 e. The lowest BCUT2D eigenvalue weighted by atomic mass is 10.2. The number of hydrogen-bond acceptors (Lipinski definition) is 5. The van der Waals surface area contributed by atoms with Gasteiger partial charge in [0.15, 0.2) is 23.9 Å². The van der Waals surface area contributed by atoms with Crippen molar-refractivity contribution in [2.45, 2.75) is 25.9 Å². The third-order valence-corrected chi connectivity index (χ3v) is 3.70. The van der Waals surface area contributed by atoms with Gasteiger partial charge in [-0.2, -0.15) is 0 Å². The lowest BCUT2D eigenvalue weighted by Gasteiger charge is -2.21. The molecule has 2 aliphatic heterocycles. The van der Waals surface area contributed by atoms with Crippen LogP contribution >= 0.6 is 0 Å². The highest BCUT2D eigenvalue weighted by atomic mass is 16.7. The Labute approximate surface area is 122 Å². The predicted molar refractivity (Wildman–Crippen MR) is 73.9 cm³/mol. The number of ether oxygens (including phenoxy) is 3. The molecule has 1 saturated heterocycles. The van der Waals surface area contributed by atoms with E-state index in [1.807, 2.05) is 0 Å². The number of benzene rings is 1. The second-order valence-electron chi connectivity index (χ2n) is 5.15. The summed E-state index contributed by atoms with van der Waals surface area (Å²) in [6.07, 6.45) is 2.11. The van der Waals surface area contributed by atoms with Crippen molar-refractivity contribution in [2.75, 3.05) is 19.9 Å². The molecule has 0 bridgehead atoms. The summed E-state index contributed by atoms with van der Waals surface area (Å²) < 4.78 is 16.2. The quantitative estimate of drug-likeness (QED) is 0.789. The first-order valence-corrected chi connectivity index (χ1v) is 7.03. The molecule has 1 atom stereocenters. The molecule has 21 heavy (non-hydrogen) atoms. The molecular weight excluding hydrogens is 274 g/mol. The van der Waals surface area contributed by atoms with Gasteiger partial charge in [-0.05, 0) is 25.8 Å². The van der Waals surface area contributed by atoms with Gasteiger partial charge >= 0.3 is 0 Å². The van der Waals surface area contributed by atoms with Crippen molar-refractivity contribution >= 4 is 12.2 Å². The number of amides is 1. The van der Waals surface area contributed by atoms with Crippen LogP contribution in [0.15, 0.2) is 12.1 Å². The van der Waals surface area contributed by atoms with E-state index in [0.717, 1.165) is 25.9 Å². The molecule has 0 aliphatic carbocycles. The number of carbonyl (C=O) groups excluding carboxylic acids is 2. The highest BCUT2D eigenvalue weighted by Gasteiger charge is 2.26. The van der Waals surface area contributed by atoms with Gasteiger partial charge in [0, 0.05) is 19.2 Å². The number of carbonyl (C=O) groups is 2. The molecule has 6 nitrogen and oxygen atoms in total. The largest absolute Gasteiger partial charge is 0.480 e. The van der Waals surface area contributed by atoms with Crippen LogP contribution in [0.25, 0.3) is 0 Å². The zero-order valence-corrected chi connectivity index (χ0v) is 11.8. The summed E-state index contributed by atoms with van der Waals surface area (Å²) in [5, 5.41) is 0. The zero-order chi connectivity index (χ0) is 14.8. The molecule has 3 rings (SSSR count). The normalized spacial score (nSPS) is 17.7. The molecule has 1 aromatic rings. The SMILES string of the molecule is CC(Oc1cc2c(cc1C=O)OCO2)C(=O)N1CCCC1. The molecular formula is C15H17NO5. The number of fused-ring (bicyclic) bond motifs is 1. The second-order valence-corrected chi connectivity index (χ2v) is 5.15. The molecule has 0 spiro atoms. The minimum atomic E-state index is -0.637. The van der Waals surface area contributed by atoms with Crippen molar-refractivity contribution in [2.24, 2.45) is 0 Å². The molecule has 0 saturated carbocycles. The van der Waals surface area contributed by atoms with E-state index in [0.29, 0.717) is 29.1 Å². The van der Waals surface area contributed by atoms with E-state index in [1.54, 1.807) is 24.0 Å². The number of aldehydes is 1. The van der Waals surface area contributed by atoms with Crippen LogP contribution in [0.2, 0.25) is 0 Å². The fourth-order valence-corrected chi connectivity index (χ4v) is 2.57. The van der Waals surface area contributed by atoms with Gasteiger partial charge in [-0.15, -0.1) is 0 Å². The fourth-order valence-electron chi connectivity index (χ4n) is 2.57. The van der Waals surface area contributed by atoms with Crippen LogP contribution < -0.4 is 14.2 Å². The van der Waals surface area contributed by atoms with E-state index >= 15 is 0 Å². The maximum absolute atomic E-state index is 12.2. The third-order valence-electron chi connectivity index (χ3n) is 3.70. The number of rotatable bonds is 4. The molecule has 0 aromatic heterocycles. The average molecular weight is 291 g/mol. The van der Waals surface area contributed by atoms with E-state index in [4.69, 9.17) is 14.2 Å². The van der Waals surface area contributed by atoms with Gasteiger partial charge in [-0.1, -0.05) is 0 Å². The summed E-state index contributed by atoms with van der Waals surface area (Å²) in [7, 11) is 0. The Morgan fingerprint density at radius 1 is 1.29 bits per heavy atom. The Morgan fingerprint density at radius 3 is 2.62 bits per heavy atom. The Morgan fingerprint density at radius 2 is 1.95 bits per heavy atom. The van der Waals surface area contributed by atoms with Crippen LogP contribution in [0.5, 0.6) is 17.2 Å². The second kappa shape index (κ2) is 5.63. The zero-order valence-electron chi connectivity index (χ0n) is 11.8. The van der Waals surface area contributed by atoms with Gasteiger partial charge in [0.2, 0.25) is 6.79 Å². The Kier molecular flexibility index (Phi) is 3.68. The van der Waals surface area contributed by atoms with Crippen LogP contribution in [-0.2, 0) is 4.79 Å². The van der Waals surface area contributed by atoms with Crippen LogP contribution in [0.3, 0.4) is 0 Å². The fraction of sp³-hybridized carbons (Fsp3) is 0.467. The molecule has 2 heterocycles. The van der Waals surface area contributed by atoms with Crippen molar-refractivity contribution in [1.82, 2.24) is 4.90 Å². The van der Waals surface area contributed by atoms with E-state index in [9.17, 15) is 9.59 Å². The van der Waals surface area contributed by atoms with E-state index in [1.165, 1.54) is 0 Å². The summed E-state index contributed by atoms with van der Waals surface area (Å²) in [6, 6.07) is 3.16. The summed E-state index contributed by atoms with van der Waals surface area (Å²) >= 11 is 0. The lowest BCUT2D eigenvalue weighted by molar-refractivity contribution is -0.136. The van der Waals surface area contributed by atoms with Gasteiger partial charge in [-0.3, -0.25) is 9.59 Å². The topological polar surface area (TPSA) is 65.1 Å². The Balaban J connectivity index is 1.77. The Bertz CT molecular complexity index is 565. The highest BCUT2D eigenvalue weighted by Crippen LogP contribution is 2.37. The third kappa shape index (κ3) is 2.66. The van der Waals surface area contributed by atoms with Gasteiger partial charge < -0.3 is 19.1 Å². The molecule has 2 aliphatic rings. The number of hydrogen-bond donors (Lipinski definition) is 0. The summed E-state index contributed by atoms with van der Waals surface area (Å²) in [4.78, 5) is 25.2. The smallest absolute Gasteiger partial charge is 0.263 e. The first-order valence-electron chi connectivity index (χ1n) is 7.03. The molecule has 1 unspecified atom stereocenters. The van der Waals surface area contributed by atoms with Gasteiger partial charge in [0.1, 0.15) is 5.75 Å². The lowest BCUT2D eigenvalue weighted by Crippen LogP contribution is -2.38. The first kappa shape index (κ1) is 13.7. The molecule has 0 N–H and O–H groups in total. The number of nitrogens with zero attached hydrogens (tertiary/aromatic N) is 1. The van der Waals surface area contributed by atoms with Crippen molar-refractivity contribution in [3.63, 3.8) is 0 Å². The number of likely N-dealkylation sites (tertiary alicyclic amines) is 1. The van der Waals surface area contributed by atoms with Gasteiger partial charge in [-0.25, -0.2) is 0 Å². The average Bonchev–Trinajstić information content (AvgIpc) is 3.16. The highest BCUT2D eigenvalue weighted by molar-refractivity contribution is 5.84. The van der Waals surface area contributed by atoms with Crippen LogP contribution in [0, 0.1) is 0 Å². The predicted octanol–water partition coefficient (Wildman–Crippen LogP) is 1.62. The molecule has 112 valence electrons. The van der Waals surface area contributed by atoms with E-state index in [2.05, 4.69) is 0 Å². The van der Waals surface area contributed by atoms with E-state index in [-0.39, 0.29) is 12.7 Å². The molecule has 1 amide bonds. The minimum Gasteiger partial charge on any atom is -0.480 e. The maximum atomic E-state index is 12.2. The van der Waals surface area contributed by atoms with Crippen molar-refractivity contribution in [1.29, 1.82) is 0 Å². The van der Waals surface area contributed by atoms with Gasteiger partial charge in [0.25, 0.3) is 5.91 Å². The molecule has 6 heteroatoms. The van der Waals surface area contributed by atoms with Crippen molar-refractivity contribution < 1.29 is 23.8 Å². The molecule has 0 radical (unpaired) electrons. The van der Waals surface area contributed by atoms with Crippen molar-refractivity contribution in [3.05, 3.63) is 17.7 Å². The molecule has 1 fully saturated rings. The summed E-state index contributed by atoms with van der Waals surface area (Å²) in [6.45, 7) is 3.36. The Hall–Kier alpha value is -2.24. The van der Waals surface area contributed by atoms with E-state index < -0.39 is 6.10 Å². The van der Waals surface area contributed by atoms with Gasteiger partial charge in [0.05, 0.1) is 5.56 Å². The van der Waals surface area contributed by atoms with Crippen LogP contribution in [-0.4, -0.2) is 43.1 Å². The summed E-state index contributed by atoms with van der Waals surface area (Å²) in [5.41, 5.74) is 0.348. The van der Waals surface area contributed by atoms with Crippen LogP contribution in [0.4, 0.5) is 0 Å². The first-order chi connectivity index (χ1) is 10.2.